The van der Waals surface area contributed by atoms with Crippen molar-refractivity contribution in [1.29, 1.82) is 0 Å². The van der Waals surface area contributed by atoms with Crippen molar-refractivity contribution >= 4 is 29.5 Å². The summed E-state index contributed by atoms with van der Waals surface area (Å²) >= 11 is 6.54. The second-order valence-corrected chi connectivity index (χ2v) is 6.69. The van der Waals surface area contributed by atoms with E-state index in [4.69, 9.17) is 12.2 Å². The Bertz CT molecular complexity index is 446. The molecule has 0 bridgehead atoms. The van der Waals surface area contributed by atoms with Gasteiger partial charge in [-0.2, -0.15) is 0 Å². The van der Waals surface area contributed by atoms with Crippen molar-refractivity contribution in [2.75, 3.05) is 0 Å². The topological polar surface area (TPSA) is 44.9 Å². The summed E-state index contributed by atoms with van der Waals surface area (Å²) in [5.41, 5.74) is 0.876. The number of aromatic nitrogens is 1. The highest BCUT2D eigenvalue weighted by molar-refractivity contribution is 7.73. The molecule has 1 amide bonds. The highest BCUT2D eigenvalue weighted by atomic mass is 32.1. The van der Waals surface area contributed by atoms with Crippen LogP contribution in [0.1, 0.15) is 44.2 Å². The first-order valence-electron chi connectivity index (χ1n) is 5.83. The molecule has 3 nitrogen and oxygen atoms in total. The number of amides is 1. The summed E-state index contributed by atoms with van der Waals surface area (Å²) in [6.07, 6.45) is 2.47. The standard InChI is InChI=1S/C12H20N2OS2/c1-5-6-12(3,4)14-10(15)7-9-8(2)13-11(16)17-9/h5-7H2,1-4H3,(H,13,16)(H,14,15). The number of hydrogen-bond donors (Lipinski definition) is 2. The van der Waals surface area contributed by atoms with Crippen LogP contribution >= 0.6 is 23.6 Å². The lowest BCUT2D eigenvalue weighted by Gasteiger charge is -2.25. The van der Waals surface area contributed by atoms with E-state index in [2.05, 4.69) is 31.1 Å². The second-order valence-electron chi connectivity index (χ2n) is 4.92. The predicted octanol–water partition coefficient (Wildman–Crippen LogP) is 3.35. The van der Waals surface area contributed by atoms with Crippen molar-refractivity contribution < 1.29 is 4.79 Å². The molecule has 0 saturated heterocycles. The Labute approximate surface area is 112 Å². The fraction of sp³-hybridized carbons (Fsp3) is 0.667. The third-order valence-electron chi connectivity index (χ3n) is 2.60. The predicted molar refractivity (Wildman–Crippen MR) is 75.1 cm³/mol. The Kier molecular flexibility index (Phi) is 4.89. The van der Waals surface area contributed by atoms with Crippen molar-refractivity contribution in [1.82, 2.24) is 10.3 Å². The van der Waals surface area contributed by atoms with E-state index in [1.807, 2.05) is 6.92 Å². The Hall–Kier alpha value is -0.680. The Morgan fingerprint density at radius 3 is 2.65 bits per heavy atom. The lowest BCUT2D eigenvalue weighted by molar-refractivity contribution is -0.122. The minimum atomic E-state index is -0.127. The van der Waals surface area contributed by atoms with Gasteiger partial charge in [-0.1, -0.05) is 13.3 Å². The number of rotatable bonds is 5. The molecule has 0 aliphatic carbocycles. The Morgan fingerprint density at radius 2 is 2.18 bits per heavy atom. The molecule has 0 aliphatic rings. The van der Waals surface area contributed by atoms with Crippen LogP contribution < -0.4 is 5.32 Å². The van der Waals surface area contributed by atoms with E-state index in [1.54, 1.807) is 0 Å². The van der Waals surface area contributed by atoms with E-state index < -0.39 is 0 Å². The van der Waals surface area contributed by atoms with Crippen LogP contribution in [0.3, 0.4) is 0 Å². The maximum absolute atomic E-state index is 11.9. The van der Waals surface area contributed by atoms with Crippen LogP contribution in [0.2, 0.25) is 0 Å². The number of H-pyrrole nitrogens is 1. The van der Waals surface area contributed by atoms with Crippen molar-refractivity contribution in [3.63, 3.8) is 0 Å². The maximum atomic E-state index is 11.9. The van der Waals surface area contributed by atoms with Gasteiger partial charge >= 0.3 is 0 Å². The molecule has 5 heteroatoms. The first kappa shape index (κ1) is 14.4. The second kappa shape index (κ2) is 5.78. The summed E-state index contributed by atoms with van der Waals surface area (Å²) in [4.78, 5) is 16.0. The van der Waals surface area contributed by atoms with Gasteiger partial charge in [0.1, 0.15) is 0 Å². The number of aryl methyl sites for hydroxylation is 1. The zero-order valence-corrected chi connectivity index (χ0v) is 12.5. The number of carbonyl (C=O) groups is 1. The third-order valence-corrected chi connectivity index (χ3v) is 3.93. The lowest BCUT2D eigenvalue weighted by atomic mass is 9.99. The molecule has 0 atom stereocenters. The summed E-state index contributed by atoms with van der Waals surface area (Å²) in [5, 5.41) is 3.06. The number of nitrogens with one attached hydrogen (secondary N) is 2. The first-order chi connectivity index (χ1) is 7.84. The Balaban J connectivity index is 2.61. The van der Waals surface area contributed by atoms with Gasteiger partial charge in [0.2, 0.25) is 5.91 Å². The maximum Gasteiger partial charge on any atom is 0.225 e. The molecule has 0 saturated carbocycles. The van der Waals surface area contributed by atoms with Crippen molar-refractivity contribution in [2.24, 2.45) is 0 Å². The molecule has 96 valence electrons. The van der Waals surface area contributed by atoms with Gasteiger partial charge in [0.25, 0.3) is 0 Å². The minimum Gasteiger partial charge on any atom is -0.351 e. The molecule has 1 aromatic rings. The smallest absolute Gasteiger partial charge is 0.225 e. The van der Waals surface area contributed by atoms with E-state index in [0.29, 0.717) is 6.42 Å². The van der Waals surface area contributed by atoms with Gasteiger partial charge in [-0.15, -0.1) is 11.3 Å². The minimum absolute atomic E-state index is 0.0665. The lowest BCUT2D eigenvalue weighted by Crippen LogP contribution is -2.43. The average Bonchev–Trinajstić information content (AvgIpc) is 2.43. The van der Waals surface area contributed by atoms with Gasteiger partial charge in [-0.3, -0.25) is 4.79 Å². The molecule has 1 aromatic heterocycles. The van der Waals surface area contributed by atoms with Gasteiger partial charge in [0.15, 0.2) is 3.95 Å². The molecule has 0 radical (unpaired) electrons. The van der Waals surface area contributed by atoms with Crippen LogP contribution in [0, 0.1) is 10.9 Å². The van der Waals surface area contributed by atoms with Crippen LogP contribution in [0.4, 0.5) is 0 Å². The highest BCUT2D eigenvalue weighted by Gasteiger charge is 2.19. The van der Waals surface area contributed by atoms with Crippen LogP contribution in [0.5, 0.6) is 0 Å². The number of carbonyl (C=O) groups excluding carboxylic acids is 1. The Morgan fingerprint density at radius 1 is 1.53 bits per heavy atom. The van der Waals surface area contributed by atoms with E-state index in [-0.39, 0.29) is 11.4 Å². The monoisotopic (exact) mass is 272 g/mol. The summed E-state index contributed by atoms with van der Waals surface area (Å²) in [6, 6.07) is 0. The van der Waals surface area contributed by atoms with Gasteiger partial charge in [0.05, 0.1) is 6.42 Å². The van der Waals surface area contributed by atoms with Crippen molar-refractivity contribution in [3.05, 3.63) is 14.5 Å². The SMILES string of the molecule is CCCC(C)(C)NC(=O)Cc1sc(=S)[nH]c1C. The van der Waals surface area contributed by atoms with Crippen LogP contribution in [0.15, 0.2) is 0 Å². The molecule has 0 spiro atoms. The fourth-order valence-corrected chi connectivity index (χ4v) is 3.15. The number of aromatic amines is 1. The summed E-state index contributed by atoms with van der Waals surface area (Å²) < 4.78 is 0.734. The van der Waals surface area contributed by atoms with E-state index in [9.17, 15) is 4.79 Å². The van der Waals surface area contributed by atoms with Gasteiger partial charge < -0.3 is 10.3 Å². The highest BCUT2D eigenvalue weighted by Crippen LogP contribution is 2.16. The third kappa shape index (κ3) is 4.60. The first-order valence-corrected chi connectivity index (χ1v) is 7.06. The normalized spacial score (nSPS) is 11.5. The van der Waals surface area contributed by atoms with Crippen LogP contribution in [-0.2, 0) is 11.2 Å². The molecule has 1 heterocycles. The average molecular weight is 272 g/mol. The van der Waals surface area contributed by atoms with Crippen LogP contribution in [0.25, 0.3) is 0 Å². The summed E-state index contributed by atoms with van der Waals surface area (Å²) in [7, 11) is 0. The van der Waals surface area contributed by atoms with Gasteiger partial charge in [-0.05, 0) is 39.4 Å². The molecular weight excluding hydrogens is 252 g/mol. The number of thiazole rings is 1. The molecule has 17 heavy (non-hydrogen) atoms. The van der Waals surface area contributed by atoms with Gasteiger partial charge in [-0.25, -0.2) is 0 Å². The quantitative estimate of drug-likeness (QED) is 0.807. The molecule has 2 N–H and O–H groups in total. The van der Waals surface area contributed by atoms with E-state index >= 15 is 0 Å². The molecule has 1 rings (SSSR count). The largest absolute Gasteiger partial charge is 0.351 e. The zero-order valence-electron chi connectivity index (χ0n) is 10.8. The molecule has 0 aliphatic heterocycles. The van der Waals surface area contributed by atoms with Crippen LogP contribution in [-0.4, -0.2) is 16.4 Å². The summed E-state index contributed by atoms with van der Waals surface area (Å²) in [5.74, 6) is 0.0665. The molecular formula is C12H20N2OS2. The van der Waals surface area contributed by atoms with Gasteiger partial charge in [0, 0.05) is 16.1 Å². The zero-order chi connectivity index (χ0) is 13.1. The van der Waals surface area contributed by atoms with E-state index in [1.165, 1.54) is 11.3 Å². The van der Waals surface area contributed by atoms with Crippen molar-refractivity contribution in [2.45, 2.75) is 52.5 Å². The van der Waals surface area contributed by atoms with E-state index in [0.717, 1.165) is 27.4 Å². The van der Waals surface area contributed by atoms with Crippen molar-refractivity contribution in [3.8, 4) is 0 Å². The molecule has 0 aromatic carbocycles. The fourth-order valence-electron chi connectivity index (χ4n) is 1.86. The number of hydrogen-bond acceptors (Lipinski definition) is 3. The molecule has 0 fully saturated rings. The summed E-state index contributed by atoms with van der Waals surface area (Å²) in [6.45, 7) is 8.18. The molecule has 0 unspecified atom stereocenters.